The van der Waals surface area contributed by atoms with E-state index < -0.39 is 12.1 Å². The molecule has 3 N–H and O–H groups in total. The van der Waals surface area contributed by atoms with Crippen molar-refractivity contribution in [2.24, 2.45) is 11.7 Å². The minimum atomic E-state index is -4.80. The molecule has 0 aliphatic rings. The summed E-state index contributed by atoms with van der Waals surface area (Å²) in [5.41, 5.74) is 5.42. The molecule has 1 aromatic carbocycles. The Balaban J connectivity index is 2.60. The first-order valence-electron chi connectivity index (χ1n) is 6.66. The van der Waals surface area contributed by atoms with E-state index in [4.69, 9.17) is 5.73 Å². The molecule has 4 nitrogen and oxygen atoms in total. The fourth-order valence-corrected chi connectivity index (χ4v) is 1.80. The Morgan fingerprint density at radius 3 is 2.62 bits per heavy atom. The molecule has 1 rings (SSSR count). The average Bonchev–Trinajstić information content (AvgIpc) is 2.37. The number of benzene rings is 1. The van der Waals surface area contributed by atoms with E-state index in [1.165, 1.54) is 18.2 Å². The molecule has 1 unspecified atom stereocenters. The van der Waals surface area contributed by atoms with Crippen LogP contribution in [0.4, 0.5) is 18.9 Å². The van der Waals surface area contributed by atoms with Crippen LogP contribution in [0.25, 0.3) is 0 Å². The highest BCUT2D eigenvalue weighted by atomic mass is 19.4. The number of nitrogens with one attached hydrogen (secondary N) is 1. The maximum absolute atomic E-state index is 12.3. The molecule has 0 saturated carbocycles. The van der Waals surface area contributed by atoms with Gasteiger partial charge in [0.1, 0.15) is 0 Å². The molecular formula is C14H19F3N2O2. The van der Waals surface area contributed by atoms with Crippen molar-refractivity contribution in [3.8, 4) is 5.75 Å². The maximum Gasteiger partial charge on any atom is 0.573 e. The zero-order chi connectivity index (χ0) is 15.9. The lowest BCUT2D eigenvalue weighted by Gasteiger charge is -2.14. The lowest BCUT2D eigenvalue weighted by atomic mass is 10.0. The standard InChI is InChI=1S/C14H19F3N2O2/c1-10(8-9-18)6-7-13(20)19-11-4-2-3-5-12(11)21-14(15,16)17/h2-5,10H,6-9,18H2,1H3,(H,19,20). The van der Waals surface area contributed by atoms with Crippen LogP contribution in [-0.4, -0.2) is 18.8 Å². The number of amides is 1. The molecule has 0 heterocycles. The van der Waals surface area contributed by atoms with Crippen molar-refractivity contribution in [3.05, 3.63) is 24.3 Å². The van der Waals surface area contributed by atoms with Crippen LogP contribution >= 0.6 is 0 Å². The largest absolute Gasteiger partial charge is 0.573 e. The van der Waals surface area contributed by atoms with E-state index in [-0.39, 0.29) is 18.0 Å². The number of halogens is 3. The number of carbonyl (C=O) groups excluding carboxylic acids is 1. The van der Waals surface area contributed by atoms with Crippen molar-refractivity contribution in [3.63, 3.8) is 0 Å². The van der Waals surface area contributed by atoms with Gasteiger partial charge in [-0.1, -0.05) is 19.1 Å². The van der Waals surface area contributed by atoms with Gasteiger partial charge < -0.3 is 15.8 Å². The van der Waals surface area contributed by atoms with Crippen LogP contribution in [0.5, 0.6) is 5.75 Å². The average molecular weight is 304 g/mol. The monoisotopic (exact) mass is 304 g/mol. The lowest BCUT2D eigenvalue weighted by Crippen LogP contribution is -2.19. The second-order valence-electron chi connectivity index (χ2n) is 4.81. The van der Waals surface area contributed by atoms with Crippen molar-refractivity contribution < 1.29 is 22.7 Å². The van der Waals surface area contributed by atoms with E-state index in [1.54, 1.807) is 0 Å². The minimum absolute atomic E-state index is 0.00584. The predicted molar refractivity (Wildman–Crippen MR) is 73.8 cm³/mol. The topological polar surface area (TPSA) is 64.4 Å². The summed E-state index contributed by atoms with van der Waals surface area (Å²) in [4.78, 5) is 11.8. The molecular weight excluding hydrogens is 285 g/mol. The number of hydrogen-bond donors (Lipinski definition) is 2. The van der Waals surface area contributed by atoms with Gasteiger partial charge in [-0.15, -0.1) is 13.2 Å². The number of hydrogen-bond acceptors (Lipinski definition) is 3. The van der Waals surface area contributed by atoms with E-state index in [2.05, 4.69) is 10.1 Å². The molecule has 1 aromatic rings. The fourth-order valence-electron chi connectivity index (χ4n) is 1.80. The first-order chi connectivity index (χ1) is 9.81. The summed E-state index contributed by atoms with van der Waals surface area (Å²) in [6.45, 7) is 2.52. The van der Waals surface area contributed by atoms with E-state index in [0.29, 0.717) is 18.9 Å². The van der Waals surface area contributed by atoms with Crippen molar-refractivity contribution >= 4 is 11.6 Å². The minimum Gasteiger partial charge on any atom is -0.404 e. The summed E-state index contributed by atoms with van der Waals surface area (Å²) in [6.07, 6.45) is -3.13. The van der Waals surface area contributed by atoms with Crippen molar-refractivity contribution in [1.82, 2.24) is 0 Å². The first kappa shape index (κ1) is 17.3. The smallest absolute Gasteiger partial charge is 0.404 e. The number of para-hydroxylation sites is 2. The number of ether oxygens (including phenoxy) is 1. The highest BCUT2D eigenvalue weighted by Crippen LogP contribution is 2.30. The zero-order valence-corrected chi connectivity index (χ0v) is 11.7. The predicted octanol–water partition coefficient (Wildman–Crippen LogP) is 3.29. The number of rotatable bonds is 7. The number of carbonyl (C=O) groups is 1. The Kier molecular flexibility index (Phi) is 6.48. The normalized spacial score (nSPS) is 12.8. The Morgan fingerprint density at radius 1 is 1.33 bits per heavy atom. The van der Waals surface area contributed by atoms with Gasteiger partial charge in [-0.25, -0.2) is 0 Å². The molecule has 0 bridgehead atoms. The SMILES string of the molecule is CC(CCN)CCC(=O)Nc1ccccc1OC(F)(F)F. The molecule has 1 atom stereocenters. The molecule has 21 heavy (non-hydrogen) atoms. The number of anilines is 1. The van der Waals surface area contributed by atoms with Crippen LogP contribution in [0.15, 0.2) is 24.3 Å². The maximum atomic E-state index is 12.3. The highest BCUT2D eigenvalue weighted by molar-refractivity contribution is 5.92. The second-order valence-corrected chi connectivity index (χ2v) is 4.81. The molecule has 0 aromatic heterocycles. The fraction of sp³-hybridized carbons (Fsp3) is 0.500. The van der Waals surface area contributed by atoms with Gasteiger partial charge >= 0.3 is 6.36 Å². The van der Waals surface area contributed by atoms with Gasteiger partial charge in [0.05, 0.1) is 5.69 Å². The molecule has 0 aliphatic carbocycles. The van der Waals surface area contributed by atoms with Crippen molar-refractivity contribution in [2.45, 2.75) is 32.5 Å². The molecule has 0 aliphatic heterocycles. The quantitative estimate of drug-likeness (QED) is 0.812. The third kappa shape index (κ3) is 6.99. The summed E-state index contributed by atoms with van der Waals surface area (Å²) in [7, 11) is 0. The molecule has 0 saturated heterocycles. The first-order valence-corrected chi connectivity index (χ1v) is 6.66. The summed E-state index contributed by atoms with van der Waals surface area (Å²) in [5.74, 6) is -0.479. The summed E-state index contributed by atoms with van der Waals surface area (Å²) >= 11 is 0. The van der Waals surface area contributed by atoms with Gasteiger partial charge in [-0.3, -0.25) is 4.79 Å². The van der Waals surface area contributed by atoms with Crippen LogP contribution < -0.4 is 15.8 Å². The van der Waals surface area contributed by atoms with Gasteiger partial charge in [0, 0.05) is 6.42 Å². The van der Waals surface area contributed by atoms with Gasteiger partial charge in [-0.2, -0.15) is 0 Å². The van der Waals surface area contributed by atoms with Crippen LogP contribution in [0.1, 0.15) is 26.2 Å². The van der Waals surface area contributed by atoms with Crippen molar-refractivity contribution in [1.29, 1.82) is 0 Å². The van der Waals surface area contributed by atoms with Crippen LogP contribution in [0, 0.1) is 5.92 Å². The summed E-state index contributed by atoms with van der Waals surface area (Å²) in [5, 5.41) is 2.44. The number of alkyl halides is 3. The molecule has 0 radical (unpaired) electrons. The molecule has 0 fully saturated rings. The zero-order valence-electron chi connectivity index (χ0n) is 11.7. The van der Waals surface area contributed by atoms with Crippen LogP contribution in [0.2, 0.25) is 0 Å². The molecule has 7 heteroatoms. The Bertz CT molecular complexity index is 464. The van der Waals surface area contributed by atoms with Crippen LogP contribution in [0.3, 0.4) is 0 Å². The van der Waals surface area contributed by atoms with E-state index in [9.17, 15) is 18.0 Å². The lowest BCUT2D eigenvalue weighted by molar-refractivity contribution is -0.274. The van der Waals surface area contributed by atoms with Gasteiger partial charge in [0.25, 0.3) is 0 Å². The number of nitrogens with two attached hydrogens (primary N) is 1. The van der Waals surface area contributed by atoms with Gasteiger partial charge in [-0.05, 0) is 37.4 Å². The van der Waals surface area contributed by atoms with Crippen LogP contribution in [-0.2, 0) is 4.79 Å². The Hall–Kier alpha value is -1.76. The molecule has 1 amide bonds. The van der Waals surface area contributed by atoms with Gasteiger partial charge in [0.15, 0.2) is 5.75 Å². The second kappa shape index (κ2) is 7.87. The highest BCUT2D eigenvalue weighted by Gasteiger charge is 2.32. The van der Waals surface area contributed by atoms with E-state index in [1.807, 2.05) is 6.92 Å². The van der Waals surface area contributed by atoms with E-state index in [0.717, 1.165) is 12.5 Å². The molecule has 0 spiro atoms. The van der Waals surface area contributed by atoms with Gasteiger partial charge in [0.2, 0.25) is 5.91 Å². The van der Waals surface area contributed by atoms with Crippen molar-refractivity contribution in [2.75, 3.05) is 11.9 Å². The Morgan fingerprint density at radius 2 is 2.00 bits per heavy atom. The molecule has 118 valence electrons. The summed E-state index contributed by atoms with van der Waals surface area (Å²) < 4.78 is 40.6. The van der Waals surface area contributed by atoms with E-state index >= 15 is 0 Å². The summed E-state index contributed by atoms with van der Waals surface area (Å²) in [6, 6.07) is 5.44. The Labute approximate surface area is 121 Å². The third-order valence-electron chi connectivity index (χ3n) is 2.91. The third-order valence-corrected chi connectivity index (χ3v) is 2.91.